The van der Waals surface area contributed by atoms with Crippen molar-refractivity contribution in [1.29, 1.82) is 0 Å². The molecule has 2 aromatic heterocycles. The second-order valence-corrected chi connectivity index (χ2v) is 8.32. The summed E-state index contributed by atoms with van der Waals surface area (Å²) < 4.78 is 7.93. The minimum Gasteiger partial charge on any atom is -0.353 e. The molecule has 2 aromatic carbocycles. The van der Waals surface area contributed by atoms with Crippen LogP contribution in [0.1, 0.15) is 19.5 Å². The maximum Gasteiger partial charge on any atom is 0.252 e. The molecule has 1 unspecified atom stereocenters. The topological polar surface area (TPSA) is 41.4 Å². The molecule has 6 heteroatoms. The molecule has 0 spiro atoms. The van der Waals surface area contributed by atoms with Gasteiger partial charge < -0.3 is 4.90 Å². The molecule has 0 amide bonds. The van der Waals surface area contributed by atoms with Crippen LogP contribution in [0.25, 0.3) is 21.0 Å². The molecule has 1 aliphatic rings. The van der Waals surface area contributed by atoms with Crippen LogP contribution in [-0.2, 0) is 0 Å². The number of anilines is 1. The zero-order valence-corrected chi connectivity index (χ0v) is 17.3. The second-order valence-electron chi connectivity index (χ2n) is 7.51. The highest BCUT2D eigenvalue weighted by Gasteiger charge is 2.27. The van der Waals surface area contributed by atoms with E-state index in [1.54, 1.807) is 17.6 Å². The van der Waals surface area contributed by atoms with Crippen molar-refractivity contribution in [1.82, 2.24) is 13.8 Å². The van der Waals surface area contributed by atoms with Gasteiger partial charge in [0.05, 0.1) is 16.4 Å². The summed E-state index contributed by atoms with van der Waals surface area (Å²) in [6.45, 7) is 5.84. The van der Waals surface area contributed by atoms with E-state index in [1.807, 2.05) is 22.8 Å². The molecule has 0 N–H and O–H groups in total. The van der Waals surface area contributed by atoms with E-state index in [2.05, 4.69) is 53.1 Å². The number of nitrogens with zero attached hydrogens (tertiary/aromatic N) is 4. The lowest BCUT2D eigenvalue weighted by Gasteiger charge is -2.40. The van der Waals surface area contributed by atoms with Crippen molar-refractivity contribution in [2.24, 2.45) is 0 Å². The average Bonchev–Trinajstić information content (AvgIpc) is 3.20. The first-order valence-electron chi connectivity index (χ1n) is 10.2. The van der Waals surface area contributed by atoms with Gasteiger partial charge in [0.25, 0.3) is 5.56 Å². The van der Waals surface area contributed by atoms with Crippen molar-refractivity contribution in [2.45, 2.75) is 19.5 Å². The molecule has 0 radical (unpaired) electrons. The Hall–Kier alpha value is -2.70. The fourth-order valence-corrected chi connectivity index (χ4v) is 5.25. The van der Waals surface area contributed by atoms with Crippen LogP contribution in [0, 0.1) is 0 Å². The first-order chi connectivity index (χ1) is 14.3. The van der Waals surface area contributed by atoms with E-state index in [1.165, 1.54) is 10.1 Å². The van der Waals surface area contributed by atoms with Gasteiger partial charge in [-0.05, 0) is 47.6 Å². The van der Waals surface area contributed by atoms with Crippen LogP contribution in [0.2, 0.25) is 0 Å². The van der Waals surface area contributed by atoms with Gasteiger partial charge in [0, 0.05) is 37.6 Å². The lowest BCUT2D eigenvalue weighted by atomic mass is 10.1. The van der Waals surface area contributed by atoms with E-state index in [-0.39, 0.29) is 11.7 Å². The third kappa shape index (κ3) is 3.22. The average molecular weight is 405 g/mol. The first kappa shape index (κ1) is 18.3. The molecule has 5 nitrogen and oxygen atoms in total. The zero-order valence-electron chi connectivity index (χ0n) is 16.5. The summed E-state index contributed by atoms with van der Waals surface area (Å²) in [7, 11) is 0. The van der Waals surface area contributed by atoms with E-state index >= 15 is 0 Å². The molecule has 5 rings (SSSR count). The van der Waals surface area contributed by atoms with Gasteiger partial charge in [0.15, 0.2) is 0 Å². The molecular formula is C23H24N4OS. The maximum absolute atomic E-state index is 12.8. The monoisotopic (exact) mass is 404 g/mol. The Bertz CT molecular complexity index is 1210. The summed E-state index contributed by atoms with van der Waals surface area (Å²) in [6.07, 6.45) is 0.969. The Kier molecular flexibility index (Phi) is 4.81. The predicted octanol–water partition coefficient (Wildman–Crippen LogP) is 4.34. The number of piperazine rings is 1. The fourth-order valence-electron chi connectivity index (χ4n) is 4.45. The Balaban J connectivity index is 1.41. The zero-order chi connectivity index (χ0) is 19.8. The van der Waals surface area contributed by atoms with E-state index < -0.39 is 0 Å². The van der Waals surface area contributed by atoms with E-state index in [9.17, 15) is 4.79 Å². The number of hydrogen-bond acceptors (Lipinski definition) is 5. The minimum absolute atomic E-state index is 0.0722. The molecule has 1 aliphatic heterocycles. The smallest absolute Gasteiger partial charge is 0.252 e. The van der Waals surface area contributed by atoms with Crippen LogP contribution >= 0.6 is 11.5 Å². The van der Waals surface area contributed by atoms with Crippen LogP contribution in [0.3, 0.4) is 0 Å². The quantitative estimate of drug-likeness (QED) is 0.507. The van der Waals surface area contributed by atoms with Gasteiger partial charge in [-0.3, -0.25) is 14.3 Å². The summed E-state index contributed by atoms with van der Waals surface area (Å²) in [5.41, 5.74) is 1.09. The van der Waals surface area contributed by atoms with Crippen molar-refractivity contribution < 1.29 is 0 Å². The Labute approximate surface area is 174 Å². The van der Waals surface area contributed by atoms with E-state index in [0.29, 0.717) is 0 Å². The summed E-state index contributed by atoms with van der Waals surface area (Å²) in [5, 5.41) is 2.35. The molecule has 0 bridgehead atoms. The summed E-state index contributed by atoms with van der Waals surface area (Å²) in [4.78, 5) is 17.6. The van der Waals surface area contributed by atoms with Crippen molar-refractivity contribution in [2.75, 3.05) is 31.1 Å². The van der Waals surface area contributed by atoms with Crippen molar-refractivity contribution in [3.8, 4) is 0 Å². The van der Waals surface area contributed by atoms with Gasteiger partial charge in [0.2, 0.25) is 0 Å². The number of hydrogen-bond donors (Lipinski definition) is 0. The van der Waals surface area contributed by atoms with Gasteiger partial charge in [-0.2, -0.15) is 4.37 Å². The number of pyridine rings is 1. The fraction of sp³-hybridized carbons (Fsp3) is 0.304. The summed E-state index contributed by atoms with van der Waals surface area (Å²) >= 11 is 1.57. The number of aromatic nitrogens is 2. The van der Waals surface area contributed by atoms with Gasteiger partial charge in [-0.15, -0.1) is 0 Å². The van der Waals surface area contributed by atoms with Crippen molar-refractivity contribution >= 4 is 38.3 Å². The normalized spacial score (nSPS) is 16.5. The molecule has 0 aliphatic carbocycles. The van der Waals surface area contributed by atoms with Gasteiger partial charge in [-0.25, -0.2) is 0 Å². The highest BCUT2D eigenvalue weighted by atomic mass is 32.1. The number of rotatable bonds is 4. The van der Waals surface area contributed by atoms with Crippen molar-refractivity contribution in [3.63, 3.8) is 0 Å². The predicted molar refractivity (Wildman–Crippen MR) is 121 cm³/mol. The van der Waals surface area contributed by atoms with Crippen molar-refractivity contribution in [3.05, 3.63) is 71.0 Å². The Morgan fingerprint density at radius 1 is 0.966 bits per heavy atom. The SMILES string of the molecule is CCC(N1CCN(c2nsc3ccccc23)CC1)n1c(=O)ccc2ccccc21. The molecule has 1 saturated heterocycles. The third-order valence-corrected chi connectivity index (χ3v) is 6.71. The van der Waals surface area contributed by atoms with Crippen LogP contribution in [0.15, 0.2) is 65.5 Å². The Morgan fingerprint density at radius 3 is 2.55 bits per heavy atom. The molecule has 29 heavy (non-hydrogen) atoms. The summed E-state index contributed by atoms with van der Waals surface area (Å²) in [6, 6.07) is 20.2. The molecule has 0 saturated carbocycles. The van der Waals surface area contributed by atoms with Gasteiger partial charge in [0.1, 0.15) is 5.82 Å². The third-order valence-electron chi connectivity index (χ3n) is 5.90. The number of fused-ring (bicyclic) bond motifs is 2. The standard InChI is InChI=1S/C23H24N4OS/c1-2-21(27-19-9-5-3-7-17(19)11-12-22(27)28)25-13-15-26(16-14-25)23-18-8-4-6-10-20(18)29-24-23/h3-12,21H,2,13-16H2,1H3. The van der Waals surface area contributed by atoms with E-state index in [0.717, 1.165) is 49.3 Å². The molecule has 1 fully saturated rings. The van der Waals surface area contributed by atoms with Gasteiger partial charge >= 0.3 is 0 Å². The molecule has 1 atom stereocenters. The van der Waals surface area contributed by atoms with E-state index in [4.69, 9.17) is 4.37 Å². The molecule has 3 heterocycles. The first-order valence-corrected chi connectivity index (χ1v) is 11.0. The minimum atomic E-state index is 0.0722. The lowest BCUT2D eigenvalue weighted by Crippen LogP contribution is -2.50. The highest BCUT2D eigenvalue weighted by Crippen LogP contribution is 2.31. The van der Waals surface area contributed by atoms with Crippen LogP contribution in [0.4, 0.5) is 5.82 Å². The van der Waals surface area contributed by atoms with Crippen LogP contribution in [0.5, 0.6) is 0 Å². The molecule has 4 aromatic rings. The lowest BCUT2D eigenvalue weighted by molar-refractivity contribution is 0.127. The number of para-hydroxylation sites is 1. The number of benzene rings is 2. The van der Waals surface area contributed by atoms with Crippen LogP contribution < -0.4 is 10.5 Å². The summed E-state index contributed by atoms with van der Waals surface area (Å²) in [5.74, 6) is 1.10. The highest BCUT2D eigenvalue weighted by molar-refractivity contribution is 7.13. The second kappa shape index (κ2) is 7.61. The van der Waals surface area contributed by atoms with Gasteiger partial charge in [-0.1, -0.05) is 37.3 Å². The largest absolute Gasteiger partial charge is 0.353 e. The molecular weight excluding hydrogens is 380 g/mol. The molecule has 148 valence electrons. The maximum atomic E-state index is 12.8. The Morgan fingerprint density at radius 2 is 1.72 bits per heavy atom. The van der Waals surface area contributed by atoms with Crippen LogP contribution in [-0.4, -0.2) is 40.0 Å².